The molecule has 0 aliphatic carbocycles. The smallest absolute Gasteiger partial charge is 0.294 e. The predicted molar refractivity (Wildman–Crippen MR) is 115 cm³/mol. The number of amides is 1. The van der Waals surface area contributed by atoms with Gasteiger partial charge < -0.3 is 9.84 Å². The van der Waals surface area contributed by atoms with Crippen LogP contribution in [0, 0.1) is 6.92 Å². The Morgan fingerprint density at radius 1 is 1.33 bits per heavy atom. The molecular formula is C23H27N3O4. The Hall–Kier alpha value is -2.90. The van der Waals surface area contributed by atoms with Gasteiger partial charge in [0.05, 0.1) is 12.5 Å². The van der Waals surface area contributed by atoms with E-state index in [4.69, 9.17) is 14.7 Å². The predicted octanol–water partition coefficient (Wildman–Crippen LogP) is 2.66. The van der Waals surface area contributed by atoms with Crippen molar-refractivity contribution in [3.8, 4) is 5.75 Å². The van der Waals surface area contributed by atoms with Crippen LogP contribution in [0.1, 0.15) is 24.0 Å². The second-order valence-corrected chi connectivity index (χ2v) is 7.74. The zero-order valence-electron chi connectivity index (χ0n) is 17.5. The first-order valence-electron chi connectivity index (χ1n) is 10.1. The number of benzene rings is 2. The molecule has 4 rings (SSSR count). The normalized spacial score (nSPS) is 22.1. The van der Waals surface area contributed by atoms with E-state index in [1.165, 1.54) is 12.2 Å². The van der Waals surface area contributed by atoms with E-state index >= 15 is 0 Å². The van der Waals surface area contributed by atoms with Crippen LogP contribution < -0.4 is 9.75 Å². The third kappa shape index (κ3) is 3.14. The number of carbonyl (C=O) groups is 1. The molecule has 0 saturated heterocycles. The van der Waals surface area contributed by atoms with Crippen LogP contribution in [-0.4, -0.2) is 55.2 Å². The molecular weight excluding hydrogens is 382 g/mol. The van der Waals surface area contributed by atoms with Gasteiger partial charge in [0.2, 0.25) is 0 Å². The number of hydroxylamine groups is 2. The lowest BCUT2D eigenvalue weighted by Crippen LogP contribution is -2.55. The summed E-state index contributed by atoms with van der Waals surface area (Å²) >= 11 is 0. The van der Waals surface area contributed by atoms with Crippen molar-refractivity contribution in [3.05, 3.63) is 59.7 Å². The van der Waals surface area contributed by atoms with Crippen molar-refractivity contribution < 1.29 is 19.5 Å². The Morgan fingerprint density at radius 2 is 2.10 bits per heavy atom. The van der Waals surface area contributed by atoms with Crippen LogP contribution in [0.4, 0.5) is 5.69 Å². The number of aliphatic hydroxyl groups excluding tert-OH is 1. The van der Waals surface area contributed by atoms with Gasteiger partial charge in [-0.25, -0.2) is 5.06 Å². The summed E-state index contributed by atoms with van der Waals surface area (Å²) in [7, 11) is 3.04. The summed E-state index contributed by atoms with van der Waals surface area (Å²) in [5, 5.41) is 17.6. The fraction of sp³-hybridized carbons (Fsp3) is 0.391. The molecule has 2 aliphatic heterocycles. The molecule has 7 heteroatoms. The van der Waals surface area contributed by atoms with Gasteiger partial charge in [0.1, 0.15) is 29.8 Å². The third-order valence-electron chi connectivity index (χ3n) is 6.03. The van der Waals surface area contributed by atoms with Crippen LogP contribution in [0.5, 0.6) is 5.75 Å². The highest BCUT2D eigenvalue weighted by atomic mass is 16.7. The number of anilines is 1. The van der Waals surface area contributed by atoms with E-state index in [-0.39, 0.29) is 18.6 Å². The summed E-state index contributed by atoms with van der Waals surface area (Å²) in [6, 6.07) is 15.7. The standard InChI is InChI=1S/C23H27N3O4/c1-16-10-11-19-18(14-16)26-20(15-30-19)23(12-7-13-27,17-8-5-4-6-9-17)21(24-26)22(28)25(2)29-3/h4-6,8-11,14,20,27H,7,12-13,15H2,1-3H3/t20?,23-/m1/s1. The Kier molecular flexibility index (Phi) is 5.49. The van der Waals surface area contributed by atoms with E-state index in [1.54, 1.807) is 7.05 Å². The Balaban J connectivity index is 1.92. The highest BCUT2D eigenvalue weighted by Crippen LogP contribution is 2.48. The van der Waals surface area contributed by atoms with Crippen LogP contribution >= 0.6 is 0 Å². The molecule has 1 N–H and O–H groups in total. The van der Waals surface area contributed by atoms with Crippen molar-refractivity contribution >= 4 is 17.3 Å². The molecule has 30 heavy (non-hydrogen) atoms. The number of hydrogen-bond acceptors (Lipinski definition) is 6. The average Bonchev–Trinajstić information content (AvgIpc) is 3.12. The summed E-state index contributed by atoms with van der Waals surface area (Å²) in [6.45, 7) is 2.43. The van der Waals surface area contributed by atoms with E-state index in [1.807, 2.05) is 60.5 Å². The maximum Gasteiger partial charge on any atom is 0.294 e. The zero-order valence-corrected chi connectivity index (χ0v) is 17.5. The topological polar surface area (TPSA) is 74.6 Å². The first kappa shape index (κ1) is 20.4. The van der Waals surface area contributed by atoms with Crippen molar-refractivity contribution in [1.82, 2.24) is 5.06 Å². The van der Waals surface area contributed by atoms with Crippen LogP contribution in [-0.2, 0) is 15.0 Å². The van der Waals surface area contributed by atoms with Gasteiger partial charge in [-0.2, -0.15) is 5.10 Å². The molecule has 0 fully saturated rings. The maximum atomic E-state index is 13.4. The lowest BCUT2D eigenvalue weighted by atomic mass is 9.67. The molecule has 2 atom stereocenters. The molecule has 1 unspecified atom stereocenters. The lowest BCUT2D eigenvalue weighted by Gasteiger charge is -2.41. The second-order valence-electron chi connectivity index (χ2n) is 7.74. The van der Waals surface area contributed by atoms with Gasteiger partial charge in [0.15, 0.2) is 0 Å². The minimum absolute atomic E-state index is 0.0272. The van der Waals surface area contributed by atoms with Crippen LogP contribution in [0.2, 0.25) is 0 Å². The number of fused-ring (bicyclic) bond motifs is 3. The maximum absolute atomic E-state index is 13.4. The molecule has 0 saturated carbocycles. The minimum Gasteiger partial charge on any atom is -0.489 e. The van der Waals surface area contributed by atoms with Gasteiger partial charge in [-0.3, -0.25) is 14.6 Å². The van der Waals surface area contributed by atoms with Gasteiger partial charge in [-0.05, 0) is 43.0 Å². The second kappa shape index (κ2) is 8.08. The van der Waals surface area contributed by atoms with Crippen molar-refractivity contribution in [3.63, 3.8) is 0 Å². The lowest BCUT2D eigenvalue weighted by molar-refractivity contribution is -0.160. The molecule has 0 radical (unpaired) electrons. The van der Waals surface area contributed by atoms with Crippen LogP contribution in [0.3, 0.4) is 0 Å². The van der Waals surface area contributed by atoms with Gasteiger partial charge in [0, 0.05) is 13.7 Å². The Labute approximate surface area is 176 Å². The fourth-order valence-corrected chi connectivity index (χ4v) is 4.48. The quantitative estimate of drug-likeness (QED) is 0.743. The van der Waals surface area contributed by atoms with E-state index in [2.05, 4.69) is 0 Å². The van der Waals surface area contributed by atoms with Gasteiger partial charge >= 0.3 is 0 Å². The van der Waals surface area contributed by atoms with Crippen LogP contribution in [0.25, 0.3) is 0 Å². The molecule has 2 heterocycles. The first-order chi connectivity index (χ1) is 14.5. The number of nitrogens with zero attached hydrogens (tertiary/aromatic N) is 3. The van der Waals surface area contributed by atoms with E-state index in [0.29, 0.717) is 25.2 Å². The van der Waals surface area contributed by atoms with E-state index in [0.717, 1.165) is 22.6 Å². The Bertz CT molecular complexity index is 962. The van der Waals surface area contributed by atoms with Crippen molar-refractivity contribution in [2.45, 2.75) is 31.2 Å². The highest BCUT2D eigenvalue weighted by molar-refractivity contribution is 6.43. The monoisotopic (exact) mass is 409 g/mol. The van der Waals surface area contributed by atoms with Gasteiger partial charge in [-0.1, -0.05) is 36.4 Å². The van der Waals surface area contributed by atoms with E-state index in [9.17, 15) is 9.90 Å². The number of hydrogen-bond donors (Lipinski definition) is 1. The number of carbonyl (C=O) groups excluding carboxylic acids is 1. The summed E-state index contributed by atoms with van der Waals surface area (Å²) in [5.41, 5.74) is 2.56. The number of aryl methyl sites for hydroxylation is 1. The number of ether oxygens (including phenoxy) is 1. The first-order valence-corrected chi connectivity index (χ1v) is 10.1. The minimum atomic E-state index is -0.741. The van der Waals surface area contributed by atoms with Crippen molar-refractivity contribution in [1.29, 1.82) is 0 Å². The number of hydrazone groups is 1. The molecule has 0 spiro atoms. The third-order valence-corrected chi connectivity index (χ3v) is 6.03. The number of aliphatic hydroxyl groups is 1. The summed E-state index contributed by atoms with van der Waals surface area (Å²) in [6.07, 6.45) is 1.09. The van der Waals surface area contributed by atoms with Crippen LogP contribution in [0.15, 0.2) is 53.6 Å². The molecule has 7 nitrogen and oxygen atoms in total. The molecule has 2 aliphatic rings. The Morgan fingerprint density at radius 3 is 2.80 bits per heavy atom. The van der Waals surface area contributed by atoms with Gasteiger partial charge in [0.25, 0.3) is 5.91 Å². The SMILES string of the molecule is CON(C)C(=O)C1=NN2c3cc(C)ccc3OCC2[C@@]1(CCCO)c1ccccc1. The molecule has 0 bridgehead atoms. The van der Waals surface area contributed by atoms with Crippen molar-refractivity contribution in [2.24, 2.45) is 5.10 Å². The molecule has 158 valence electrons. The fourth-order valence-electron chi connectivity index (χ4n) is 4.48. The highest BCUT2D eigenvalue weighted by Gasteiger charge is 2.57. The summed E-state index contributed by atoms with van der Waals surface area (Å²) in [5.74, 6) is 0.446. The zero-order chi connectivity index (χ0) is 21.3. The molecule has 0 aromatic heterocycles. The number of rotatable bonds is 6. The van der Waals surface area contributed by atoms with Crippen molar-refractivity contribution in [2.75, 3.05) is 32.4 Å². The molecule has 2 aromatic carbocycles. The largest absolute Gasteiger partial charge is 0.489 e. The van der Waals surface area contributed by atoms with Gasteiger partial charge in [-0.15, -0.1) is 0 Å². The van der Waals surface area contributed by atoms with E-state index < -0.39 is 5.41 Å². The summed E-state index contributed by atoms with van der Waals surface area (Å²) in [4.78, 5) is 18.6. The summed E-state index contributed by atoms with van der Waals surface area (Å²) < 4.78 is 6.13. The average molecular weight is 409 g/mol. The molecule has 1 amide bonds. The molecule has 2 aromatic rings.